The van der Waals surface area contributed by atoms with Crippen molar-refractivity contribution in [1.29, 1.82) is 0 Å². The molecule has 0 atom stereocenters. The van der Waals surface area contributed by atoms with Crippen LogP contribution in [-0.2, 0) is 6.18 Å². The summed E-state index contributed by atoms with van der Waals surface area (Å²) in [5.41, 5.74) is -0.817. The first-order valence-corrected chi connectivity index (χ1v) is 8.45. The highest BCUT2D eigenvalue weighted by Gasteiger charge is 2.36. The number of aryl methyl sites for hydroxylation is 1. The van der Waals surface area contributed by atoms with Gasteiger partial charge in [0.15, 0.2) is 5.69 Å². The lowest BCUT2D eigenvalue weighted by Crippen LogP contribution is -2.19. The summed E-state index contributed by atoms with van der Waals surface area (Å²) in [4.78, 5) is 16.7. The minimum Gasteiger partial charge on any atom is -0.386 e. The van der Waals surface area contributed by atoms with Crippen molar-refractivity contribution in [1.82, 2.24) is 15.2 Å². The third kappa shape index (κ3) is 3.94. The molecule has 0 unspecified atom stereocenters. The SMILES string of the molecule is CNc1cc(C(F)(F)F)c(-c2ccc(Cl)cc2C)nc1C(=O)Nc1ccn[nH]1. The van der Waals surface area contributed by atoms with E-state index in [0.717, 1.165) is 6.07 Å². The number of anilines is 2. The predicted molar refractivity (Wildman–Crippen MR) is 101 cm³/mol. The van der Waals surface area contributed by atoms with E-state index in [9.17, 15) is 18.0 Å². The molecule has 0 aliphatic heterocycles. The van der Waals surface area contributed by atoms with Gasteiger partial charge >= 0.3 is 6.18 Å². The Bertz CT molecular complexity index is 1020. The molecule has 0 fully saturated rings. The summed E-state index contributed by atoms with van der Waals surface area (Å²) >= 11 is 5.92. The van der Waals surface area contributed by atoms with Crippen LogP contribution in [-0.4, -0.2) is 28.1 Å². The molecule has 0 radical (unpaired) electrons. The van der Waals surface area contributed by atoms with Crippen LogP contribution in [0, 0.1) is 6.92 Å². The third-order valence-corrected chi connectivity index (χ3v) is 4.24. The van der Waals surface area contributed by atoms with Crippen LogP contribution in [0.5, 0.6) is 0 Å². The molecule has 146 valence electrons. The fraction of sp³-hybridized carbons (Fsp3) is 0.167. The van der Waals surface area contributed by atoms with Gasteiger partial charge in [-0.25, -0.2) is 4.98 Å². The van der Waals surface area contributed by atoms with Gasteiger partial charge in [-0.1, -0.05) is 17.7 Å². The van der Waals surface area contributed by atoms with Gasteiger partial charge < -0.3 is 10.6 Å². The molecule has 2 aromatic heterocycles. The molecule has 3 N–H and O–H groups in total. The number of halogens is 4. The van der Waals surface area contributed by atoms with Gasteiger partial charge in [-0.05, 0) is 30.7 Å². The zero-order valence-electron chi connectivity index (χ0n) is 14.8. The second kappa shape index (κ2) is 7.51. The number of hydrogen-bond donors (Lipinski definition) is 3. The van der Waals surface area contributed by atoms with Crippen molar-refractivity contribution in [2.24, 2.45) is 0 Å². The van der Waals surface area contributed by atoms with Crippen LogP contribution in [0.4, 0.5) is 24.7 Å². The van der Waals surface area contributed by atoms with Gasteiger partial charge in [0.05, 0.1) is 23.1 Å². The highest BCUT2D eigenvalue weighted by molar-refractivity contribution is 6.30. The van der Waals surface area contributed by atoms with Crippen molar-refractivity contribution >= 4 is 29.0 Å². The first-order chi connectivity index (χ1) is 13.2. The molecule has 1 aromatic carbocycles. The summed E-state index contributed by atoms with van der Waals surface area (Å²) in [6.45, 7) is 1.62. The van der Waals surface area contributed by atoms with E-state index in [1.165, 1.54) is 37.5 Å². The average Bonchev–Trinajstić information content (AvgIpc) is 3.13. The van der Waals surface area contributed by atoms with Crippen LogP contribution in [0.25, 0.3) is 11.3 Å². The van der Waals surface area contributed by atoms with Crippen molar-refractivity contribution in [2.45, 2.75) is 13.1 Å². The Morgan fingerprint density at radius 1 is 1.21 bits per heavy atom. The Hall–Kier alpha value is -3.07. The summed E-state index contributed by atoms with van der Waals surface area (Å²) < 4.78 is 41.1. The molecule has 0 bridgehead atoms. The van der Waals surface area contributed by atoms with Crippen LogP contribution in [0.2, 0.25) is 5.02 Å². The van der Waals surface area contributed by atoms with Crippen molar-refractivity contribution in [3.05, 3.63) is 58.4 Å². The molecule has 0 aliphatic carbocycles. The van der Waals surface area contributed by atoms with E-state index in [0.29, 0.717) is 10.6 Å². The van der Waals surface area contributed by atoms with Gasteiger partial charge in [0, 0.05) is 23.7 Å². The first-order valence-electron chi connectivity index (χ1n) is 8.08. The fourth-order valence-electron chi connectivity index (χ4n) is 2.70. The number of nitrogens with zero attached hydrogens (tertiary/aromatic N) is 2. The molecule has 0 spiro atoms. The van der Waals surface area contributed by atoms with Gasteiger partial charge in [0.2, 0.25) is 0 Å². The Morgan fingerprint density at radius 2 is 1.96 bits per heavy atom. The molecule has 2 heterocycles. The number of alkyl halides is 3. The van der Waals surface area contributed by atoms with Crippen molar-refractivity contribution in [3.8, 4) is 11.3 Å². The standard InChI is InChI=1S/C18H15ClF3N5O/c1-9-7-10(19)3-4-11(9)15-12(18(20,21)22)8-13(23-2)16(26-15)17(28)25-14-5-6-24-27-14/h3-8,23H,1-2H3,(H2,24,25,27,28). The molecule has 3 rings (SSSR count). The normalized spacial score (nSPS) is 11.4. The Labute approximate surface area is 163 Å². The minimum absolute atomic E-state index is 0.0558. The van der Waals surface area contributed by atoms with E-state index >= 15 is 0 Å². The lowest BCUT2D eigenvalue weighted by Gasteiger charge is -2.18. The second-order valence-corrected chi connectivity index (χ2v) is 6.35. The zero-order valence-corrected chi connectivity index (χ0v) is 15.5. The molecule has 6 nitrogen and oxygen atoms in total. The van der Waals surface area contributed by atoms with Gasteiger partial charge in [0.25, 0.3) is 5.91 Å². The van der Waals surface area contributed by atoms with Crippen LogP contribution in [0.3, 0.4) is 0 Å². The highest BCUT2D eigenvalue weighted by Crippen LogP contribution is 2.39. The first kappa shape index (κ1) is 19.7. The number of pyridine rings is 1. The summed E-state index contributed by atoms with van der Waals surface area (Å²) in [6, 6.07) is 6.84. The summed E-state index contributed by atoms with van der Waals surface area (Å²) in [5, 5.41) is 11.8. The molecule has 3 aromatic rings. The monoisotopic (exact) mass is 409 g/mol. The number of hydrogen-bond acceptors (Lipinski definition) is 4. The Morgan fingerprint density at radius 3 is 2.54 bits per heavy atom. The molecule has 0 aliphatic rings. The van der Waals surface area contributed by atoms with E-state index in [-0.39, 0.29) is 28.5 Å². The van der Waals surface area contributed by atoms with E-state index in [1.807, 2.05) is 0 Å². The van der Waals surface area contributed by atoms with Gasteiger partial charge in [-0.15, -0.1) is 0 Å². The molecule has 0 saturated carbocycles. The lowest BCUT2D eigenvalue weighted by atomic mass is 9.99. The van der Waals surface area contributed by atoms with Crippen molar-refractivity contribution in [2.75, 3.05) is 17.7 Å². The maximum Gasteiger partial charge on any atom is 0.418 e. The van der Waals surface area contributed by atoms with Gasteiger partial charge in [-0.2, -0.15) is 18.3 Å². The number of benzene rings is 1. The number of aromatic nitrogens is 3. The fourth-order valence-corrected chi connectivity index (χ4v) is 2.92. The predicted octanol–water partition coefficient (Wildman–Crippen LogP) is 4.75. The third-order valence-electron chi connectivity index (χ3n) is 4.00. The molecule has 1 amide bonds. The largest absolute Gasteiger partial charge is 0.418 e. The molecule has 0 saturated heterocycles. The van der Waals surface area contributed by atoms with Crippen LogP contribution in [0.1, 0.15) is 21.6 Å². The smallest absolute Gasteiger partial charge is 0.386 e. The van der Waals surface area contributed by atoms with Crippen molar-refractivity contribution in [3.63, 3.8) is 0 Å². The number of aromatic amines is 1. The molecule has 28 heavy (non-hydrogen) atoms. The number of H-pyrrole nitrogens is 1. The Kier molecular flexibility index (Phi) is 5.28. The average molecular weight is 410 g/mol. The minimum atomic E-state index is -4.67. The van der Waals surface area contributed by atoms with Crippen LogP contribution in [0.15, 0.2) is 36.5 Å². The maximum atomic E-state index is 13.7. The number of amides is 1. The van der Waals surface area contributed by atoms with E-state index in [2.05, 4.69) is 25.8 Å². The number of rotatable bonds is 4. The molecule has 10 heteroatoms. The number of nitrogens with one attached hydrogen (secondary N) is 3. The molecular formula is C18H15ClF3N5O. The second-order valence-electron chi connectivity index (χ2n) is 5.91. The molecular weight excluding hydrogens is 395 g/mol. The van der Waals surface area contributed by atoms with E-state index in [1.54, 1.807) is 6.92 Å². The quantitative estimate of drug-likeness (QED) is 0.581. The van der Waals surface area contributed by atoms with Gasteiger partial charge in [-0.3, -0.25) is 9.89 Å². The number of carbonyl (C=O) groups is 1. The summed E-state index contributed by atoms with van der Waals surface area (Å²) in [7, 11) is 1.41. The van der Waals surface area contributed by atoms with E-state index < -0.39 is 17.6 Å². The number of carbonyl (C=O) groups excluding carboxylic acids is 1. The highest BCUT2D eigenvalue weighted by atomic mass is 35.5. The van der Waals surface area contributed by atoms with Crippen LogP contribution < -0.4 is 10.6 Å². The van der Waals surface area contributed by atoms with Crippen molar-refractivity contribution < 1.29 is 18.0 Å². The lowest BCUT2D eigenvalue weighted by molar-refractivity contribution is -0.137. The topological polar surface area (TPSA) is 82.7 Å². The van der Waals surface area contributed by atoms with E-state index in [4.69, 9.17) is 11.6 Å². The zero-order chi connectivity index (χ0) is 20.5. The van der Waals surface area contributed by atoms with Gasteiger partial charge in [0.1, 0.15) is 5.82 Å². The summed E-state index contributed by atoms with van der Waals surface area (Å²) in [6.07, 6.45) is -3.24. The Balaban J connectivity index is 2.19. The maximum absolute atomic E-state index is 13.7. The summed E-state index contributed by atoms with van der Waals surface area (Å²) in [5.74, 6) is -0.395. The van der Waals surface area contributed by atoms with Crippen LogP contribution >= 0.6 is 11.6 Å².